The largest absolute Gasteiger partial charge is 1.00 e. The van der Waals surface area contributed by atoms with E-state index in [9.17, 15) is 24.2 Å². The summed E-state index contributed by atoms with van der Waals surface area (Å²) in [7, 11) is 0. The second-order valence-corrected chi connectivity index (χ2v) is 6.68. The van der Waals surface area contributed by atoms with E-state index in [4.69, 9.17) is 0 Å². The number of amides is 1. The molecule has 3 rings (SSSR count). The molecule has 1 aliphatic rings. The Morgan fingerprint density at radius 3 is 2.33 bits per heavy atom. The number of halogens is 1. The SMILES string of the molecule is Cc1ccc(-c2ccc(C(=O)N3CC(O)CC(C(=O)[O-])C3)c(F)c2)cc1.[K+]. The zero-order valence-electron chi connectivity index (χ0n) is 15.3. The Hall–Kier alpha value is -1.09. The first-order valence-corrected chi connectivity index (χ1v) is 8.40. The van der Waals surface area contributed by atoms with Gasteiger partial charge in [0.25, 0.3) is 5.91 Å². The van der Waals surface area contributed by atoms with E-state index in [0.29, 0.717) is 5.56 Å². The molecule has 0 aliphatic carbocycles. The van der Waals surface area contributed by atoms with Gasteiger partial charge in [0.1, 0.15) is 5.82 Å². The van der Waals surface area contributed by atoms with Crippen molar-refractivity contribution in [3.63, 3.8) is 0 Å². The fourth-order valence-electron chi connectivity index (χ4n) is 3.19. The average molecular weight is 395 g/mol. The summed E-state index contributed by atoms with van der Waals surface area (Å²) in [5.41, 5.74) is 2.42. The summed E-state index contributed by atoms with van der Waals surface area (Å²) in [5.74, 6) is -3.60. The number of carbonyl (C=O) groups excluding carboxylic acids is 2. The van der Waals surface area contributed by atoms with Gasteiger partial charge in [0.05, 0.1) is 11.7 Å². The molecule has 1 N–H and O–H groups in total. The molecule has 1 saturated heterocycles. The third-order valence-electron chi connectivity index (χ3n) is 4.63. The number of carboxylic acids is 1. The maximum atomic E-state index is 14.5. The first-order chi connectivity index (χ1) is 12.3. The van der Waals surface area contributed by atoms with Crippen LogP contribution in [0.5, 0.6) is 0 Å². The Labute approximate surface area is 199 Å². The van der Waals surface area contributed by atoms with Crippen LogP contribution in [0.2, 0.25) is 0 Å². The third-order valence-corrected chi connectivity index (χ3v) is 4.63. The van der Waals surface area contributed by atoms with Crippen LogP contribution in [0.15, 0.2) is 42.5 Å². The number of rotatable bonds is 3. The zero-order valence-corrected chi connectivity index (χ0v) is 18.4. The fraction of sp³-hybridized carbons (Fsp3) is 0.300. The number of aliphatic hydroxyl groups is 1. The number of carbonyl (C=O) groups is 2. The summed E-state index contributed by atoms with van der Waals surface area (Å²) in [6.07, 6.45) is -0.938. The average Bonchev–Trinajstić information content (AvgIpc) is 2.61. The molecular weight excluding hydrogens is 376 g/mol. The van der Waals surface area contributed by atoms with E-state index >= 15 is 0 Å². The van der Waals surface area contributed by atoms with Crippen molar-refractivity contribution >= 4 is 11.9 Å². The van der Waals surface area contributed by atoms with Gasteiger partial charge in [-0.15, -0.1) is 0 Å². The first-order valence-electron chi connectivity index (χ1n) is 8.40. The molecule has 1 heterocycles. The van der Waals surface area contributed by atoms with Crippen LogP contribution in [0.25, 0.3) is 11.1 Å². The number of piperidine rings is 1. The second kappa shape index (κ2) is 9.40. The molecule has 27 heavy (non-hydrogen) atoms. The van der Waals surface area contributed by atoms with Crippen LogP contribution in [0, 0.1) is 18.7 Å². The van der Waals surface area contributed by atoms with Crippen molar-refractivity contribution < 1.29 is 75.6 Å². The van der Waals surface area contributed by atoms with Gasteiger partial charge in [0, 0.05) is 25.0 Å². The van der Waals surface area contributed by atoms with Gasteiger partial charge in [-0.3, -0.25) is 4.79 Å². The molecule has 1 aliphatic heterocycles. The molecule has 1 fully saturated rings. The second-order valence-electron chi connectivity index (χ2n) is 6.68. The summed E-state index contributed by atoms with van der Waals surface area (Å²) < 4.78 is 14.5. The molecule has 136 valence electrons. The monoisotopic (exact) mass is 395 g/mol. The van der Waals surface area contributed by atoms with Crippen LogP contribution < -0.4 is 56.5 Å². The van der Waals surface area contributed by atoms with Crippen LogP contribution in [-0.2, 0) is 4.79 Å². The van der Waals surface area contributed by atoms with Gasteiger partial charge in [-0.05, 0) is 36.6 Å². The van der Waals surface area contributed by atoms with E-state index in [1.807, 2.05) is 31.2 Å². The van der Waals surface area contributed by atoms with Crippen LogP contribution >= 0.6 is 0 Å². The molecule has 0 bridgehead atoms. The van der Waals surface area contributed by atoms with Crippen molar-refractivity contribution in [2.75, 3.05) is 13.1 Å². The number of likely N-dealkylation sites (tertiary alicyclic amines) is 1. The predicted octanol–water partition coefficient (Wildman–Crippen LogP) is -1.62. The van der Waals surface area contributed by atoms with E-state index < -0.39 is 29.7 Å². The zero-order chi connectivity index (χ0) is 18.8. The summed E-state index contributed by atoms with van der Waals surface area (Å²) in [6, 6.07) is 11.9. The molecule has 0 aromatic heterocycles. The minimum Gasteiger partial charge on any atom is -0.550 e. The molecule has 2 atom stereocenters. The van der Waals surface area contributed by atoms with Crippen molar-refractivity contribution in [2.45, 2.75) is 19.4 Å². The summed E-state index contributed by atoms with van der Waals surface area (Å²) >= 11 is 0. The van der Waals surface area contributed by atoms with Crippen LogP contribution in [0.1, 0.15) is 22.3 Å². The Morgan fingerprint density at radius 1 is 1.11 bits per heavy atom. The molecular formula is C20H19FKNO4. The number of nitrogens with zero attached hydrogens (tertiary/aromatic N) is 1. The Morgan fingerprint density at radius 2 is 1.74 bits per heavy atom. The van der Waals surface area contributed by atoms with Gasteiger partial charge < -0.3 is 19.9 Å². The summed E-state index contributed by atoms with van der Waals surface area (Å²) in [4.78, 5) is 24.8. The van der Waals surface area contributed by atoms with Gasteiger partial charge >= 0.3 is 51.4 Å². The number of aliphatic hydroxyl groups excluding tert-OH is 1. The Balaban J connectivity index is 0.00000261. The van der Waals surface area contributed by atoms with Crippen molar-refractivity contribution in [1.29, 1.82) is 0 Å². The third kappa shape index (κ3) is 5.25. The van der Waals surface area contributed by atoms with E-state index in [1.165, 1.54) is 17.0 Å². The van der Waals surface area contributed by atoms with Crippen LogP contribution in [-0.4, -0.2) is 41.1 Å². The maximum absolute atomic E-state index is 14.5. The van der Waals surface area contributed by atoms with Gasteiger partial charge in [-0.25, -0.2) is 4.39 Å². The quantitative estimate of drug-likeness (QED) is 0.634. The number of benzene rings is 2. The van der Waals surface area contributed by atoms with E-state index in [1.54, 1.807) is 6.07 Å². The van der Waals surface area contributed by atoms with Crippen LogP contribution in [0.3, 0.4) is 0 Å². The molecule has 5 nitrogen and oxygen atoms in total. The summed E-state index contributed by atoms with van der Waals surface area (Å²) in [6.45, 7) is 1.83. The smallest absolute Gasteiger partial charge is 0.550 e. The molecule has 0 saturated carbocycles. The van der Waals surface area contributed by atoms with Gasteiger partial charge in [-0.1, -0.05) is 35.9 Å². The number of aryl methyl sites for hydroxylation is 1. The van der Waals surface area contributed by atoms with Crippen molar-refractivity contribution in [2.24, 2.45) is 5.92 Å². The summed E-state index contributed by atoms with van der Waals surface area (Å²) in [5, 5.41) is 20.9. The van der Waals surface area contributed by atoms with Crippen LogP contribution in [0.4, 0.5) is 4.39 Å². The van der Waals surface area contributed by atoms with Gasteiger partial charge in [0.2, 0.25) is 0 Å². The minimum atomic E-state index is -1.32. The fourth-order valence-corrected chi connectivity index (χ4v) is 3.19. The standard InChI is InChI=1S/C20H20FNO4.K/c1-12-2-4-13(5-3-12)14-6-7-17(18(21)9-14)19(24)22-10-15(20(25)26)8-16(23)11-22;/h2-7,9,15-16,23H,8,10-11H2,1H3,(H,25,26);/q;+1/p-1. The minimum absolute atomic E-state index is 0. The number of hydrogen-bond acceptors (Lipinski definition) is 4. The van der Waals surface area contributed by atoms with E-state index in [-0.39, 0.29) is 76.5 Å². The molecule has 2 aromatic rings. The molecule has 0 radical (unpaired) electrons. The topological polar surface area (TPSA) is 80.7 Å². The number of carboxylic acid groups (broad SMARTS) is 1. The Bertz CT molecular complexity index is 840. The normalized spacial score (nSPS) is 19.3. The van der Waals surface area contributed by atoms with Crippen molar-refractivity contribution in [1.82, 2.24) is 4.90 Å². The number of hydrogen-bond donors (Lipinski definition) is 1. The molecule has 0 spiro atoms. The molecule has 2 unspecified atom stereocenters. The van der Waals surface area contributed by atoms with Gasteiger partial charge in [0.15, 0.2) is 0 Å². The number of β-amino-alcohol motifs (C(OH)–C–C–N with tert-alkyl or cyclic N) is 1. The number of aliphatic carboxylic acids is 1. The van der Waals surface area contributed by atoms with Gasteiger partial charge in [-0.2, -0.15) is 0 Å². The molecule has 7 heteroatoms. The Kier molecular flexibility index (Phi) is 7.73. The van der Waals surface area contributed by atoms with E-state index in [0.717, 1.165) is 11.1 Å². The first kappa shape index (κ1) is 22.2. The molecule has 2 aromatic carbocycles. The van der Waals surface area contributed by atoms with Crippen molar-refractivity contribution in [3.05, 3.63) is 59.4 Å². The maximum Gasteiger partial charge on any atom is 1.00 e. The molecule has 1 amide bonds. The van der Waals surface area contributed by atoms with E-state index in [2.05, 4.69) is 0 Å². The van der Waals surface area contributed by atoms with Crippen molar-refractivity contribution in [3.8, 4) is 11.1 Å². The predicted molar refractivity (Wildman–Crippen MR) is 91.6 cm³/mol.